The number of carbonyl (C=O) groups excluding carboxylic acids is 1. The van der Waals surface area contributed by atoms with Crippen LogP contribution in [0.3, 0.4) is 0 Å². The lowest BCUT2D eigenvalue weighted by Gasteiger charge is -2.24. The Morgan fingerprint density at radius 1 is 1.35 bits per heavy atom. The molecule has 0 bridgehead atoms. The fourth-order valence-corrected chi connectivity index (χ4v) is 1.25. The highest BCUT2D eigenvalue weighted by Gasteiger charge is 2.20. The number of ether oxygens (including phenoxy) is 1. The lowest BCUT2D eigenvalue weighted by Crippen LogP contribution is -2.41. The van der Waals surface area contributed by atoms with Crippen molar-refractivity contribution < 1.29 is 9.53 Å². The minimum Gasteiger partial charge on any atom is -0.443 e. The molecule has 0 atom stereocenters. The summed E-state index contributed by atoms with van der Waals surface area (Å²) in [5.41, 5.74) is 6.60. The summed E-state index contributed by atoms with van der Waals surface area (Å²) < 4.78 is 5.13. The number of hydrogen-bond acceptors (Lipinski definition) is 4. The van der Waals surface area contributed by atoms with E-state index in [1.54, 1.807) is 26.8 Å². The number of anilines is 1. The SMILES string of the molecule is CC(C)(C)OC(=O)N(N)Cc1ccccc1N. The topological polar surface area (TPSA) is 81.6 Å². The first-order valence-electron chi connectivity index (χ1n) is 5.38. The van der Waals surface area contributed by atoms with Crippen molar-refractivity contribution in [2.45, 2.75) is 32.9 Å². The van der Waals surface area contributed by atoms with Crippen molar-refractivity contribution in [1.82, 2.24) is 5.01 Å². The third-order valence-electron chi connectivity index (χ3n) is 2.02. The summed E-state index contributed by atoms with van der Waals surface area (Å²) in [6.07, 6.45) is -0.569. The molecule has 0 saturated heterocycles. The molecule has 94 valence electrons. The van der Waals surface area contributed by atoms with Crippen LogP contribution in [0.2, 0.25) is 0 Å². The first kappa shape index (κ1) is 13.3. The second kappa shape index (κ2) is 5.05. The van der Waals surface area contributed by atoms with Gasteiger partial charge in [0.15, 0.2) is 0 Å². The lowest BCUT2D eigenvalue weighted by molar-refractivity contribution is 0.0232. The van der Waals surface area contributed by atoms with Gasteiger partial charge in [0.2, 0.25) is 0 Å². The number of rotatable bonds is 2. The van der Waals surface area contributed by atoms with E-state index in [9.17, 15) is 4.79 Å². The van der Waals surface area contributed by atoms with E-state index in [0.717, 1.165) is 10.6 Å². The Labute approximate surface area is 101 Å². The Kier molecular flexibility index (Phi) is 3.96. The van der Waals surface area contributed by atoms with Crippen LogP contribution in [0.25, 0.3) is 0 Å². The quantitative estimate of drug-likeness (QED) is 0.356. The molecule has 0 aliphatic rings. The van der Waals surface area contributed by atoms with Crippen molar-refractivity contribution in [1.29, 1.82) is 0 Å². The highest BCUT2D eigenvalue weighted by molar-refractivity contribution is 5.67. The van der Waals surface area contributed by atoms with E-state index in [1.807, 2.05) is 18.2 Å². The third kappa shape index (κ3) is 4.32. The van der Waals surface area contributed by atoms with Gasteiger partial charge >= 0.3 is 6.09 Å². The van der Waals surface area contributed by atoms with Crippen LogP contribution in [-0.2, 0) is 11.3 Å². The molecule has 0 spiro atoms. The van der Waals surface area contributed by atoms with E-state index in [-0.39, 0.29) is 6.54 Å². The fourth-order valence-electron chi connectivity index (χ4n) is 1.25. The number of carbonyl (C=O) groups is 1. The van der Waals surface area contributed by atoms with Crippen LogP contribution in [0.5, 0.6) is 0 Å². The zero-order valence-electron chi connectivity index (χ0n) is 10.4. The number of nitrogen functional groups attached to an aromatic ring is 1. The first-order chi connectivity index (χ1) is 7.79. The highest BCUT2D eigenvalue weighted by atomic mass is 16.6. The van der Waals surface area contributed by atoms with E-state index < -0.39 is 11.7 Å². The molecule has 1 aromatic carbocycles. The molecule has 0 unspecified atom stereocenters. The molecule has 0 aliphatic heterocycles. The lowest BCUT2D eigenvalue weighted by atomic mass is 10.2. The minimum atomic E-state index is -0.569. The number of para-hydroxylation sites is 1. The van der Waals surface area contributed by atoms with Crippen molar-refractivity contribution in [3.05, 3.63) is 29.8 Å². The van der Waals surface area contributed by atoms with Crippen LogP contribution < -0.4 is 11.6 Å². The zero-order chi connectivity index (χ0) is 13.1. The van der Waals surface area contributed by atoms with Gasteiger partial charge < -0.3 is 10.5 Å². The molecule has 0 saturated carbocycles. The Morgan fingerprint density at radius 2 is 1.94 bits per heavy atom. The Bertz CT molecular complexity index is 399. The van der Waals surface area contributed by atoms with Gasteiger partial charge in [-0.05, 0) is 32.4 Å². The van der Waals surface area contributed by atoms with Crippen molar-refractivity contribution in [3.8, 4) is 0 Å². The Hall–Kier alpha value is -1.75. The van der Waals surface area contributed by atoms with Gasteiger partial charge in [0.25, 0.3) is 0 Å². The normalized spacial score (nSPS) is 11.1. The van der Waals surface area contributed by atoms with Crippen molar-refractivity contribution >= 4 is 11.8 Å². The average Bonchev–Trinajstić information content (AvgIpc) is 2.18. The summed E-state index contributed by atoms with van der Waals surface area (Å²) in [4.78, 5) is 11.6. The van der Waals surface area contributed by atoms with Crippen molar-refractivity contribution in [2.24, 2.45) is 5.84 Å². The average molecular weight is 237 g/mol. The summed E-state index contributed by atoms with van der Waals surface area (Å²) in [5, 5.41) is 1.01. The Morgan fingerprint density at radius 3 is 2.47 bits per heavy atom. The molecule has 17 heavy (non-hydrogen) atoms. The molecule has 5 heteroatoms. The second-order valence-electron chi connectivity index (χ2n) is 4.81. The molecule has 1 aromatic rings. The molecule has 1 amide bonds. The number of nitrogens with zero attached hydrogens (tertiary/aromatic N) is 1. The number of benzene rings is 1. The smallest absolute Gasteiger partial charge is 0.424 e. The molecule has 0 radical (unpaired) electrons. The summed E-state index contributed by atoms with van der Waals surface area (Å²) >= 11 is 0. The largest absolute Gasteiger partial charge is 0.443 e. The number of hydrogen-bond donors (Lipinski definition) is 2. The van der Waals surface area contributed by atoms with Crippen LogP contribution in [0, 0.1) is 0 Å². The molecule has 0 aliphatic carbocycles. The summed E-state index contributed by atoms with van der Waals surface area (Å²) in [6, 6.07) is 7.25. The molecule has 5 nitrogen and oxygen atoms in total. The van der Waals surface area contributed by atoms with Gasteiger partial charge in [-0.25, -0.2) is 15.6 Å². The summed E-state index contributed by atoms with van der Waals surface area (Å²) in [6.45, 7) is 5.59. The number of hydrazine groups is 1. The van der Waals surface area contributed by atoms with E-state index in [4.69, 9.17) is 16.3 Å². The fraction of sp³-hybridized carbons (Fsp3) is 0.417. The Balaban J connectivity index is 2.64. The van der Waals surface area contributed by atoms with Gasteiger partial charge in [-0.15, -0.1) is 0 Å². The highest BCUT2D eigenvalue weighted by Crippen LogP contribution is 2.14. The van der Waals surface area contributed by atoms with Gasteiger partial charge in [-0.2, -0.15) is 0 Å². The van der Waals surface area contributed by atoms with Crippen molar-refractivity contribution in [2.75, 3.05) is 5.73 Å². The molecule has 0 aromatic heterocycles. The second-order valence-corrected chi connectivity index (χ2v) is 4.81. The maximum absolute atomic E-state index is 11.6. The van der Waals surface area contributed by atoms with Crippen LogP contribution in [-0.4, -0.2) is 16.7 Å². The van der Waals surface area contributed by atoms with E-state index in [0.29, 0.717) is 5.69 Å². The van der Waals surface area contributed by atoms with Crippen LogP contribution in [0.15, 0.2) is 24.3 Å². The van der Waals surface area contributed by atoms with Crippen LogP contribution in [0.4, 0.5) is 10.5 Å². The molecular weight excluding hydrogens is 218 g/mol. The zero-order valence-corrected chi connectivity index (χ0v) is 10.4. The van der Waals surface area contributed by atoms with Gasteiger partial charge in [0, 0.05) is 5.69 Å². The van der Waals surface area contributed by atoms with Gasteiger partial charge in [0.1, 0.15) is 5.60 Å². The summed E-state index contributed by atoms with van der Waals surface area (Å²) in [7, 11) is 0. The molecule has 1 rings (SSSR count). The molecular formula is C12H19N3O2. The van der Waals surface area contributed by atoms with Gasteiger partial charge in [-0.1, -0.05) is 18.2 Å². The first-order valence-corrected chi connectivity index (χ1v) is 5.38. The predicted octanol–water partition coefficient (Wildman–Crippen LogP) is 1.88. The number of nitrogens with two attached hydrogens (primary N) is 2. The minimum absolute atomic E-state index is 0.224. The van der Waals surface area contributed by atoms with E-state index in [1.165, 1.54) is 0 Å². The standard InChI is InChI=1S/C12H19N3O2/c1-12(2,3)17-11(16)15(14)8-9-6-4-5-7-10(9)13/h4-7H,8,13-14H2,1-3H3. The summed E-state index contributed by atoms with van der Waals surface area (Å²) in [5.74, 6) is 5.63. The monoisotopic (exact) mass is 237 g/mol. The van der Waals surface area contributed by atoms with E-state index >= 15 is 0 Å². The third-order valence-corrected chi connectivity index (χ3v) is 2.02. The maximum Gasteiger partial charge on any atom is 0.424 e. The van der Waals surface area contributed by atoms with E-state index in [2.05, 4.69) is 0 Å². The maximum atomic E-state index is 11.6. The van der Waals surface area contributed by atoms with Crippen LogP contribution >= 0.6 is 0 Å². The molecule has 4 N–H and O–H groups in total. The van der Waals surface area contributed by atoms with Gasteiger partial charge in [-0.3, -0.25) is 0 Å². The van der Waals surface area contributed by atoms with Crippen LogP contribution in [0.1, 0.15) is 26.3 Å². The number of amides is 1. The molecule has 0 heterocycles. The van der Waals surface area contributed by atoms with Crippen molar-refractivity contribution in [3.63, 3.8) is 0 Å². The van der Waals surface area contributed by atoms with Gasteiger partial charge in [0.05, 0.1) is 6.54 Å². The predicted molar refractivity (Wildman–Crippen MR) is 66.8 cm³/mol. The molecule has 0 fully saturated rings.